The minimum Gasteiger partial charge on any atom is -0.452 e. The average Bonchev–Trinajstić information content (AvgIpc) is 3.31. The summed E-state index contributed by atoms with van der Waals surface area (Å²) >= 11 is 8.74. The molecule has 0 saturated heterocycles. The molecule has 0 spiro atoms. The van der Waals surface area contributed by atoms with Crippen molar-refractivity contribution in [1.82, 2.24) is 4.98 Å². The first-order valence-corrected chi connectivity index (χ1v) is 12.1. The van der Waals surface area contributed by atoms with Crippen LogP contribution < -0.4 is 5.32 Å². The third-order valence-corrected chi connectivity index (χ3v) is 6.81. The molecular weight excluding hydrogens is 490 g/mol. The summed E-state index contributed by atoms with van der Waals surface area (Å²) in [7, 11) is 0. The smallest absolute Gasteiger partial charge is 0.339 e. The number of ether oxygens (including phenoxy) is 1. The molecule has 1 N–H and O–H groups in total. The maximum Gasteiger partial charge on any atom is 0.339 e. The molecule has 0 unspecified atom stereocenters. The van der Waals surface area contributed by atoms with E-state index in [9.17, 15) is 14.9 Å². The monoisotopic (exact) mass is 505 g/mol. The predicted octanol–water partition coefficient (Wildman–Crippen LogP) is 6.28. The van der Waals surface area contributed by atoms with Crippen molar-refractivity contribution < 1.29 is 14.3 Å². The number of halogens is 1. The van der Waals surface area contributed by atoms with Gasteiger partial charge in [-0.15, -0.1) is 11.3 Å². The lowest BCUT2D eigenvalue weighted by Crippen LogP contribution is -2.21. The second-order valence-corrected chi connectivity index (χ2v) is 9.20. The van der Waals surface area contributed by atoms with Gasteiger partial charge in [-0.05, 0) is 30.3 Å². The number of rotatable bonds is 7. The number of carbonyl (C=O) groups is 2. The first-order chi connectivity index (χ1) is 16.5. The summed E-state index contributed by atoms with van der Waals surface area (Å²) in [4.78, 5) is 30.7. The van der Waals surface area contributed by atoms with E-state index in [1.807, 2.05) is 30.3 Å². The van der Waals surface area contributed by atoms with Crippen LogP contribution in [-0.4, -0.2) is 23.5 Å². The first kappa shape index (κ1) is 23.5. The number of nitrogens with zero attached hydrogens (tertiary/aromatic N) is 2. The van der Waals surface area contributed by atoms with Crippen molar-refractivity contribution in [3.05, 3.63) is 94.3 Å². The number of anilines is 1. The van der Waals surface area contributed by atoms with Crippen LogP contribution in [0.25, 0.3) is 11.3 Å². The van der Waals surface area contributed by atoms with Crippen molar-refractivity contribution in [2.24, 2.45) is 0 Å². The minimum absolute atomic E-state index is 0.309. The number of benzene rings is 3. The Morgan fingerprint density at radius 2 is 1.74 bits per heavy atom. The first-order valence-electron chi connectivity index (χ1n) is 9.98. The second kappa shape index (κ2) is 11.0. The standard InChI is InChI=1S/C25H16ClN3O3S2/c26-19-10-4-2-8-17(19)20-15-33-25(28-20)29-23(30)14-32-24(31)18-9-3-6-12-22(18)34-21-11-5-1-7-16(21)13-27/h1-12,15H,14H2,(H,28,29,30). The van der Waals surface area contributed by atoms with Crippen LogP contribution in [0.15, 0.2) is 88.0 Å². The third-order valence-electron chi connectivity index (χ3n) is 4.57. The number of nitrogens with one attached hydrogen (secondary N) is 1. The van der Waals surface area contributed by atoms with E-state index in [1.165, 1.54) is 23.1 Å². The Kier molecular flexibility index (Phi) is 7.60. The fourth-order valence-corrected chi connectivity index (χ4v) is 4.95. The van der Waals surface area contributed by atoms with Gasteiger partial charge < -0.3 is 4.74 Å². The fraction of sp³-hybridized carbons (Fsp3) is 0.0400. The van der Waals surface area contributed by atoms with Crippen molar-refractivity contribution in [2.45, 2.75) is 9.79 Å². The van der Waals surface area contributed by atoms with Gasteiger partial charge in [0.2, 0.25) is 0 Å². The molecule has 0 aliphatic carbocycles. The Hall–Kier alpha value is -3.64. The molecule has 0 aliphatic heterocycles. The van der Waals surface area contributed by atoms with E-state index in [0.29, 0.717) is 31.9 Å². The fourth-order valence-electron chi connectivity index (χ4n) is 2.98. The van der Waals surface area contributed by atoms with E-state index in [1.54, 1.807) is 47.8 Å². The van der Waals surface area contributed by atoms with Gasteiger partial charge in [-0.25, -0.2) is 9.78 Å². The summed E-state index contributed by atoms with van der Waals surface area (Å²) in [6.45, 7) is -0.465. The highest BCUT2D eigenvalue weighted by atomic mass is 35.5. The van der Waals surface area contributed by atoms with Crippen LogP contribution >= 0.6 is 34.7 Å². The Morgan fingerprint density at radius 1 is 1.03 bits per heavy atom. The van der Waals surface area contributed by atoms with Gasteiger partial charge in [-0.2, -0.15) is 5.26 Å². The number of carbonyl (C=O) groups excluding carboxylic acids is 2. The van der Waals surface area contributed by atoms with Crippen molar-refractivity contribution in [3.63, 3.8) is 0 Å². The zero-order chi connectivity index (χ0) is 23.9. The third kappa shape index (κ3) is 5.64. The Bertz CT molecular complexity index is 1400. The van der Waals surface area contributed by atoms with Gasteiger partial charge in [0.1, 0.15) is 6.07 Å². The zero-order valence-corrected chi connectivity index (χ0v) is 19.9. The molecule has 0 atom stereocenters. The molecule has 1 aromatic heterocycles. The number of esters is 1. The summed E-state index contributed by atoms with van der Waals surface area (Å²) in [6, 6.07) is 23.4. The molecule has 1 heterocycles. The highest BCUT2D eigenvalue weighted by molar-refractivity contribution is 7.99. The van der Waals surface area contributed by atoms with Gasteiger partial charge in [-0.1, -0.05) is 65.8 Å². The second-order valence-electron chi connectivity index (χ2n) is 6.85. The normalized spacial score (nSPS) is 10.4. The van der Waals surface area contributed by atoms with Gasteiger partial charge in [0.05, 0.1) is 16.8 Å². The van der Waals surface area contributed by atoms with E-state index in [0.717, 1.165) is 10.5 Å². The maximum absolute atomic E-state index is 12.7. The van der Waals surface area contributed by atoms with E-state index in [4.69, 9.17) is 16.3 Å². The van der Waals surface area contributed by atoms with E-state index >= 15 is 0 Å². The Balaban J connectivity index is 1.39. The Morgan fingerprint density at radius 3 is 2.53 bits per heavy atom. The Labute approximate surface area is 209 Å². The van der Waals surface area contributed by atoms with Crippen molar-refractivity contribution in [3.8, 4) is 17.3 Å². The number of hydrogen-bond donors (Lipinski definition) is 1. The molecule has 0 fully saturated rings. The lowest BCUT2D eigenvalue weighted by molar-refractivity contribution is -0.119. The summed E-state index contributed by atoms with van der Waals surface area (Å²) < 4.78 is 5.23. The lowest BCUT2D eigenvalue weighted by atomic mass is 10.2. The minimum atomic E-state index is -0.636. The SMILES string of the molecule is N#Cc1ccccc1Sc1ccccc1C(=O)OCC(=O)Nc1nc(-c2ccccc2Cl)cs1. The average molecular weight is 506 g/mol. The molecule has 0 bridgehead atoms. The molecular formula is C25H16ClN3O3S2. The molecule has 6 nitrogen and oxygen atoms in total. The molecule has 4 rings (SSSR count). The maximum atomic E-state index is 12.7. The van der Waals surface area contributed by atoms with Crippen molar-refractivity contribution in [2.75, 3.05) is 11.9 Å². The van der Waals surface area contributed by atoms with Gasteiger partial charge in [0, 0.05) is 25.8 Å². The zero-order valence-electron chi connectivity index (χ0n) is 17.5. The van der Waals surface area contributed by atoms with E-state index < -0.39 is 18.5 Å². The summed E-state index contributed by atoms with van der Waals surface area (Å²) in [5, 5.41) is 14.7. The van der Waals surface area contributed by atoms with Crippen LogP contribution in [0.2, 0.25) is 5.02 Å². The number of amides is 1. The molecule has 0 saturated carbocycles. The number of nitriles is 1. The summed E-state index contributed by atoms with van der Waals surface area (Å²) in [6.07, 6.45) is 0. The molecule has 0 radical (unpaired) electrons. The van der Waals surface area contributed by atoms with Crippen LogP contribution in [0.5, 0.6) is 0 Å². The molecule has 9 heteroatoms. The van der Waals surface area contributed by atoms with Gasteiger partial charge in [0.15, 0.2) is 11.7 Å². The van der Waals surface area contributed by atoms with Crippen molar-refractivity contribution in [1.29, 1.82) is 5.26 Å². The molecule has 3 aromatic carbocycles. The van der Waals surface area contributed by atoms with Crippen LogP contribution in [0.1, 0.15) is 15.9 Å². The molecule has 1 amide bonds. The largest absolute Gasteiger partial charge is 0.452 e. The molecule has 4 aromatic rings. The van der Waals surface area contributed by atoms with Gasteiger partial charge in [-0.3, -0.25) is 10.1 Å². The topological polar surface area (TPSA) is 92.1 Å². The quantitative estimate of drug-likeness (QED) is 0.297. The lowest BCUT2D eigenvalue weighted by Gasteiger charge is -2.10. The predicted molar refractivity (Wildman–Crippen MR) is 133 cm³/mol. The highest BCUT2D eigenvalue weighted by Crippen LogP contribution is 2.33. The number of hydrogen-bond acceptors (Lipinski definition) is 7. The molecule has 0 aliphatic rings. The summed E-state index contributed by atoms with van der Waals surface area (Å²) in [5.41, 5.74) is 2.23. The highest BCUT2D eigenvalue weighted by Gasteiger charge is 2.17. The summed E-state index contributed by atoms with van der Waals surface area (Å²) in [5.74, 6) is -1.14. The van der Waals surface area contributed by atoms with E-state index in [-0.39, 0.29) is 0 Å². The van der Waals surface area contributed by atoms with Gasteiger partial charge >= 0.3 is 5.97 Å². The van der Waals surface area contributed by atoms with Crippen LogP contribution in [0.3, 0.4) is 0 Å². The molecule has 34 heavy (non-hydrogen) atoms. The number of thiazole rings is 1. The van der Waals surface area contributed by atoms with E-state index in [2.05, 4.69) is 16.4 Å². The van der Waals surface area contributed by atoms with Crippen LogP contribution in [-0.2, 0) is 9.53 Å². The number of aromatic nitrogens is 1. The van der Waals surface area contributed by atoms with Gasteiger partial charge in [0.25, 0.3) is 5.91 Å². The van der Waals surface area contributed by atoms with Crippen molar-refractivity contribution >= 4 is 51.7 Å². The molecule has 168 valence electrons. The van der Waals surface area contributed by atoms with Crippen LogP contribution in [0.4, 0.5) is 5.13 Å². The van der Waals surface area contributed by atoms with Crippen LogP contribution in [0, 0.1) is 11.3 Å².